The van der Waals surface area contributed by atoms with Crippen molar-refractivity contribution in [3.05, 3.63) is 35.9 Å². The zero-order valence-corrected chi connectivity index (χ0v) is 14.9. The second kappa shape index (κ2) is 12.0. The molecule has 0 bridgehead atoms. The van der Waals surface area contributed by atoms with Crippen LogP contribution >= 0.6 is 0 Å². The summed E-state index contributed by atoms with van der Waals surface area (Å²) in [5, 5.41) is 0. The molecule has 2 nitrogen and oxygen atoms in total. The molecule has 0 aromatic heterocycles. The molecule has 0 saturated carbocycles. The third-order valence-corrected chi connectivity index (χ3v) is 4.53. The molecule has 0 atom stereocenters. The number of ketones is 2. The molecule has 0 saturated heterocycles. The number of carbonyl (C=O) groups excluding carboxylic acids is 2. The molecule has 0 fully saturated rings. The Morgan fingerprint density at radius 3 is 1.87 bits per heavy atom. The number of aryl methyl sites for hydroxylation is 1. The van der Waals surface area contributed by atoms with E-state index < -0.39 is 0 Å². The fourth-order valence-electron chi connectivity index (χ4n) is 3.02. The second-order valence-electron chi connectivity index (χ2n) is 6.34. The van der Waals surface area contributed by atoms with Gasteiger partial charge in [0.15, 0.2) is 0 Å². The van der Waals surface area contributed by atoms with Crippen LogP contribution in [-0.2, 0) is 16.0 Å². The quantitative estimate of drug-likeness (QED) is 0.354. The maximum atomic E-state index is 11.8. The van der Waals surface area contributed by atoms with Gasteiger partial charge in [0.2, 0.25) is 0 Å². The number of hydrogen-bond acceptors (Lipinski definition) is 2. The van der Waals surface area contributed by atoms with Gasteiger partial charge in [0.1, 0.15) is 11.6 Å². The lowest BCUT2D eigenvalue weighted by Crippen LogP contribution is -2.22. The SMILES string of the molecule is CCC(=O)C(CCCCCCCCc1ccccc1)C(=O)CC. The molecule has 0 radical (unpaired) electrons. The van der Waals surface area contributed by atoms with Crippen LogP contribution in [0.1, 0.15) is 77.2 Å². The summed E-state index contributed by atoms with van der Waals surface area (Å²) in [6.07, 6.45) is 9.99. The summed E-state index contributed by atoms with van der Waals surface area (Å²) in [7, 11) is 0. The molecule has 1 rings (SSSR count). The standard InChI is InChI=1S/C21H32O2/c1-3-20(22)19(21(23)4-2)17-13-8-6-5-7-10-14-18-15-11-9-12-16-18/h9,11-12,15-16,19H,3-8,10,13-14,17H2,1-2H3. The Morgan fingerprint density at radius 1 is 0.783 bits per heavy atom. The highest BCUT2D eigenvalue weighted by Crippen LogP contribution is 2.17. The summed E-state index contributed by atoms with van der Waals surface area (Å²) < 4.78 is 0. The molecule has 0 N–H and O–H groups in total. The molecule has 0 spiro atoms. The molecule has 0 aliphatic carbocycles. The lowest BCUT2D eigenvalue weighted by atomic mass is 9.90. The molecular formula is C21H32O2. The molecule has 0 aliphatic rings. The summed E-state index contributed by atoms with van der Waals surface area (Å²) >= 11 is 0. The van der Waals surface area contributed by atoms with Crippen LogP contribution in [0.25, 0.3) is 0 Å². The van der Waals surface area contributed by atoms with Crippen molar-refractivity contribution in [3.8, 4) is 0 Å². The minimum absolute atomic E-state index is 0.125. The van der Waals surface area contributed by atoms with E-state index in [0.29, 0.717) is 12.8 Å². The van der Waals surface area contributed by atoms with Gasteiger partial charge in [0.05, 0.1) is 5.92 Å². The van der Waals surface area contributed by atoms with Crippen LogP contribution in [0, 0.1) is 5.92 Å². The molecular weight excluding hydrogens is 284 g/mol. The topological polar surface area (TPSA) is 34.1 Å². The molecule has 0 heterocycles. The van der Waals surface area contributed by atoms with Crippen molar-refractivity contribution in [3.63, 3.8) is 0 Å². The van der Waals surface area contributed by atoms with Crippen molar-refractivity contribution < 1.29 is 9.59 Å². The molecule has 128 valence electrons. The average Bonchev–Trinajstić information content (AvgIpc) is 2.60. The Kier molecular flexibility index (Phi) is 10.3. The van der Waals surface area contributed by atoms with Gasteiger partial charge in [-0.2, -0.15) is 0 Å². The molecule has 0 unspecified atom stereocenters. The highest BCUT2D eigenvalue weighted by Gasteiger charge is 2.22. The number of benzene rings is 1. The van der Waals surface area contributed by atoms with Crippen LogP contribution in [0.15, 0.2) is 30.3 Å². The number of carbonyl (C=O) groups is 2. The van der Waals surface area contributed by atoms with E-state index in [0.717, 1.165) is 19.3 Å². The molecule has 0 amide bonds. The summed E-state index contributed by atoms with van der Waals surface area (Å²) in [5.74, 6) is -0.0810. The maximum absolute atomic E-state index is 11.8. The second-order valence-corrected chi connectivity index (χ2v) is 6.34. The summed E-state index contributed by atoms with van der Waals surface area (Å²) in [5.41, 5.74) is 1.42. The third-order valence-electron chi connectivity index (χ3n) is 4.53. The Hall–Kier alpha value is -1.44. The summed E-state index contributed by atoms with van der Waals surface area (Å²) in [6.45, 7) is 3.70. The Labute approximate surface area is 141 Å². The molecule has 1 aromatic rings. The predicted octanol–water partition coefficient (Wildman–Crippen LogP) is 5.53. The van der Waals surface area contributed by atoms with Gasteiger partial charge in [-0.3, -0.25) is 9.59 Å². The van der Waals surface area contributed by atoms with E-state index >= 15 is 0 Å². The summed E-state index contributed by atoms with van der Waals surface area (Å²) in [6, 6.07) is 10.6. The monoisotopic (exact) mass is 316 g/mol. The van der Waals surface area contributed by atoms with Crippen LogP contribution in [0.5, 0.6) is 0 Å². The first-order valence-corrected chi connectivity index (χ1v) is 9.28. The van der Waals surface area contributed by atoms with Crippen molar-refractivity contribution in [1.82, 2.24) is 0 Å². The fourth-order valence-corrected chi connectivity index (χ4v) is 3.02. The predicted molar refractivity (Wildman–Crippen MR) is 96.6 cm³/mol. The molecule has 23 heavy (non-hydrogen) atoms. The minimum atomic E-state index is -0.330. The van der Waals surface area contributed by atoms with E-state index in [1.54, 1.807) is 0 Å². The first-order valence-electron chi connectivity index (χ1n) is 9.28. The van der Waals surface area contributed by atoms with Crippen molar-refractivity contribution in [2.24, 2.45) is 5.92 Å². The van der Waals surface area contributed by atoms with Gasteiger partial charge in [0.25, 0.3) is 0 Å². The highest BCUT2D eigenvalue weighted by atomic mass is 16.1. The normalized spacial score (nSPS) is 10.9. The van der Waals surface area contributed by atoms with Gasteiger partial charge >= 0.3 is 0 Å². The van der Waals surface area contributed by atoms with E-state index in [1.807, 2.05) is 13.8 Å². The number of Topliss-reactive ketones (excluding diaryl/α,β-unsaturated/α-hetero) is 2. The summed E-state index contributed by atoms with van der Waals surface area (Å²) in [4.78, 5) is 23.7. The van der Waals surface area contributed by atoms with Gasteiger partial charge in [0, 0.05) is 12.8 Å². The third kappa shape index (κ3) is 8.11. The first-order chi connectivity index (χ1) is 11.2. The molecule has 1 aromatic carbocycles. The zero-order valence-electron chi connectivity index (χ0n) is 14.9. The molecule has 0 aliphatic heterocycles. The van der Waals surface area contributed by atoms with E-state index in [2.05, 4.69) is 30.3 Å². The van der Waals surface area contributed by atoms with Crippen molar-refractivity contribution in [2.75, 3.05) is 0 Å². The maximum Gasteiger partial charge on any atom is 0.143 e. The van der Waals surface area contributed by atoms with E-state index in [-0.39, 0.29) is 17.5 Å². The van der Waals surface area contributed by atoms with Gasteiger partial charge in [-0.25, -0.2) is 0 Å². The van der Waals surface area contributed by atoms with Crippen LogP contribution in [-0.4, -0.2) is 11.6 Å². The number of unbranched alkanes of at least 4 members (excludes halogenated alkanes) is 5. The van der Waals surface area contributed by atoms with Crippen molar-refractivity contribution >= 4 is 11.6 Å². The van der Waals surface area contributed by atoms with E-state index in [1.165, 1.54) is 37.7 Å². The van der Waals surface area contributed by atoms with Crippen LogP contribution in [0.4, 0.5) is 0 Å². The zero-order chi connectivity index (χ0) is 16.9. The van der Waals surface area contributed by atoms with Crippen LogP contribution in [0.2, 0.25) is 0 Å². The fraction of sp³-hybridized carbons (Fsp3) is 0.619. The van der Waals surface area contributed by atoms with E-state index in [9.17, 15) is 9.59 Å². The number of rotatable bonds is 13. The lowest BCUT2D eigenvalue weighted by molar-refractivity contribution is -0.132. The first kappa shape index (κ1) is 19.6. The van der Waals surface area contributed by atoms with E-state index in [4.69, 9.17) is 0 Å². The largest absolute Gasteiger partial charge is 0.299 e. The average molecular weight is 316 g/mol. The van der Waals surface area contributed by atoms with Crippen LogP contribution < -0.4 is 0 Å². The van der Waals surface area contributed by atoms with Crippen molar-refractivity contribution in [1.29, 1.82) is 0 Å². The van der Waals surface area contributed by atoms with Gasteiger partial charge in [-0.05, 0) is 24.8 Å². The Bertz CT molecular complexity index is 434. The smallest absolute Gasteiger partial charge is 0.143 e. The van der Waals surface area contributed by atoms with Gasteiger partial charge in [-0.1, -0.05) is 76.3 Å². The Morgan fingerprint density at radius 2 is 1.30 bits per heavy atom. The number of hydrogen-bond donors (Lipinski definition) is 0. The van der Waals surface area contributed by atoms with Gasteiger partial charge < -0.3 is 0 Å². The minimum Gasteiger partial charge on any atom is -0.299 e. The highest BCUT2D eigenvalue weighted by molar-refractivity contribution is 6.02. The van der Waals surface area contributed by atoms with Gasteiger partial charge in [-0.15, -0.1) is 0 Å². The van der Waals surface area contributed by atoms with Crippen LogP contribution in [0.3, 0.4) is 0 Å². The Balaban J connectivity index is 2.07. The lowest BCUT2D eigenvalue weighted by Gasteiger charge is -2.12. The van der Waals surface area contributed by atoms with Crippen molar-refractivity contribution in [2.45, 2.75) is 78.1 Å². The molecule has 2 heteroatoms.